The highest BCUT2D eigenvalue weighted by Crippen LogP contribution is 2.33. The standard InChI is InChI=1S/C20H20/c1-13-5-8-17(9-6-13)20-15(3)12-18-10-7-14(2)11-19(18)16(20)4/h5-12H,1-4H3. The number of hydrogen-bond donors (Lipinski definition) is 0. The predicted molar refractivity (Wildman–Crippen MR) is 88.3 cm³/mol. The molecule has 3 aromatic rings. The maximum absolute atomic E-state index is 2.30. The molecule has 0 fully saturated rings. The first kappa shape index (κ1) is 12.9. The van der Waals surface area contributed by atoms with Crippen molar-refractivity contribution in [2.45, 2.75) is 27.7 Å². The van der Waals surface area contributed by atoms with Gasteiger partial charge >= 0.3 is 0 Å². The topological polar surface area (TPSA) is 0 Å². The summed E-state index contributed by atoms with van der Waals surface area (Å²) in [6, 6.07) is 17.8. The van der Waals surface area contributed by atoms with Gasteiger partial charge in [-0.1, -0.05) is 59.7 Å². The Morgan fingerprint density at radius 3 is 2.00 bits per heavy atom. The van der Waals surface area contributed by atoms with Crippen LogP contribution in [-0.2, 0) is 0 Å². The van der Waals surface area contributed by atoms with Crippen LogP contribution in [0.5, 0.6) is 0 Å². The first-order chi connectivity index (χ1) is 9.56. The molecule has 3 aromatic carbocycles. The van der Waals surface area contributed by atoms with Crippen LogP contribution >= 0.6 is 0 Å². The van der Waals surface area contributed by atoms with Crippen molar-refractivity contribution in [3.05, 3.63) is 70.8 Å². The van der Waals surface area contributed by atoms with E-state index < -0.39 is 0 Å². The zero-order valence-electron chi connectivity index (χ0n) is 12.6. The molecular formula is C20H20. The van der Waals surface area contributed by atoms with E-state index in [0.717, 1.165) is 0 Å². The van der Waals surface area contributed by atoms with Crippen LogP contribution in [-0.4, -0.2) is 0 Å². The van der Waals surface area contributed by atoms with Gasteiger partial charge in [-0.25, -0.2) is 0 Å². The van der Waals surface area contributed by atoms with Gasteiger partial charge in [0.25, 0.3) is 0 Å². The van der Waals surface area contributed by atoms with Crippen molar-refractivity contribution in [1.82, 2.24) is 0 Å². The molecule has 0 aliphatic heterocycles. The third kappa shape index (κ3) is 2.12. The molecule has 0 radical (unpaired) electrons. The number of fused-ring (bicyclic) bond motifs is 1. The van der Waals surface area contributed by atoms with Gasteiger partial charge < -0.3 is 0 Å². The lowest BCUT2D eigenvalue weighted by Gasteiger charge is -2.14. The van der Waals surface area contributed by atoms with Crippen molar-refractivity contribution in [3.8, 4) is 11.1 Å². The lowest BCUT2D eigenvalue weighted by molar-refractivity contribution is 1.39. The molecule has 0 aromatic heterocycles. The molecule has 0 aliphatic carbocycles. The van der Waals surface area contributed by atoms with E-state index in [1.54, 1.807) is 0 Å². The van der Waals surface area contributed by atoms with Gasteiger partial charge in [0.15, 0.2) is 0 Å². The molecule has 0 atom stereocenters. The summed E-state index contributed by atoms with van der Waals surface area (Å²) in [5, 5.41) is 2.70. The third-order valence-corrected chi connectivity index (χ3v) is 4.09. The fourth-order valence-corrected chi connectivity index (χ4v) is 3.02. The van der Waals surface area contributed by atoms with E-state index in [9.17, 15) is 0 Å². The van der Waals surface area contributed by atoms with Crippen molar-refractivity contribution >= 4 is 10.8 Å². The summed E-state index contributed by atoms with van der Waals surface area (Å²) in [5.74, 6) is 0. The summed E-state index contributed by atoms with van der Waals surface area (Å²) in [5.41, 5.74) is 8.05. The number of aryl methyl sites for hydroxylation is 4. The maximum atomic E-state index is 2.30. The van der Waals surface area contributed by atoms with Gasteiger partial charge in [0, 0.05) is 0 Å². The van der Waals surface area contributed by atoms with Crippen molar-refractivity contribution in [3.63, 3.8) is 0 Å². The second-order valence-corrected chi connectivity index (χ2v) is 5.78. The molecule has 0 bridgehead atoms. The Morgan fingerprint density at radius 1 is 0.650 bits per heavy atom. The Kier molecular flexibility index (Phi) is 3.10. The molecule has 0 spiro atoms. The third-order valence-electron chi connectivity index (χ3n) is 4.09. The average Bonchev–Trinajstić information content (AvgIpc) is 2.42. The second-order valence-electron chi connectivity index (χ2n) is 5.78. The van der Waals surface area contributed by atoms with Crippen LogP contribution in [0.25, 0.3) is 21.9 Å². The normalized spacial score (nSPS) is 11.0. The number of hydrogen-bond acceptors (Lipinski definition) is 0. The predicted octanol–water partition coefficient (Wildman–Crippen LogP) is 5.74. The van der Waals surface area contributed by atoms with Gasteiger partial charge in [0.05, 0.1) is 0 Å². The lowest BCUT2D eigenvalue weighted by atomic mass is 9.90. The Balaban J connectivity index is 2.32. The molecule has 0 unspecified atom stereocenters. The van der Waals surface area contributed by atoms with Crippen molar-refractivity contribution in [1.29, 1.82) is 0 Å². The van der Waals surface area contributed by atoms with E-state index >= 15 is 0 Å². The molecule has 0 heteroatoms. The molecule has 100 valence electrons. The quantitative estimate of drug-likeness (QED) is 0.523. The molecule has 0 aliphatic rings. The van der Waals surface area contributed by atoms with Gasteiger partial charge in [-0.15, -0.1) is 0 Å². The van der Waals surface area contributed by atoms with Crippen LogP contribution in [0.4, 0.5) is 0 Å². The minimum absolute atomic E-state index is 1.31. The minimum atomic E-state index is 1.31. The fraction of sp³-hybridized carbons (Fsp3) is 0.200. The summed E-state index contributed by atoms with van der Waals surface area (Å²) in [4.78, 5) is 0. The largest absolute Gasteiger partial charge is 0.0587 e. The van der Waals surface area contributed by atoms with Gasteiger partial charge in [-0.2, -0.15) is 0 Å². The van der Waals surface area contributed by atoms with E-state index in [4.69, 9.17) is 0 Å². The van der Waals surface area contributed by atoms with E-state index in [0.29, 0.717) is 0 Å². The first-order valence-corrected chi connectivity index (χ1v) is 7.14. The van der Waals surface area contributed by atoms with E-state index in [1.165, 1.54) is 44.2 Å². The monoisotopic (exact) mass is 260 g/mol. The smallest absolute Gasteiger partial charge is 0.0119 e. The van der Waals surface area contributed by atoms with Crippen LogP contribution < -0.4 is 0 Å². The zero-order valence-corrected chi connectivity index (χ0v) is 12.6. The van der Waals surface area contributed by atoms with Gasteiger partial charge in [-0.3, -0.25) is 0 Å². The van der Waals surface area contributed by atoms with Gasteiger partial charge in [0.2, 0.25) is 0 Å². The summed E-state index contributed by atoms with van der Waals surface area (Å²) < 4.78 is 0. The Labute approximate surface area is 121 Å². The Morgan fingerprint density at radius 2 is 1.30 bits per heavy atom. The van der Waals surface area contributed by atoms with Crippen molar-refractivity contribution in [2.24, 2.45) is 0 Å². The van der Waals surface area contributed by atoms with Crippen LogP contribution in [0.3, 0.4) is 0 Å². The Bertz CT molecular complexity index is 777. The van der Waals surface area contributed by atoms with Crippen LogP contribution in [0, 0.1) is 27.7 Å². The SMILES string of the molecule is Cc1ccc(-c2c(C)cc3ccc(C)cc3c2C)cc1. The molecule has 0 N–H and O–H groups in total. The van der Waals surface area contributed by atoms with Crippen LogP contribution in [0.1, 0.15) is 22.3 Å². The fourth-order valence-electron chi connectivity index (χ4n) is 3.02. The highest BCUT2D eigenvalue weighted by molar-refractivity contribution is 5.93. The molecular weight excluding hydrogens is 240 g/mol. The molecule has 0 heterocycles. The minimum Gasteiger partial charge on any atom is -0.0587 e. The summed E-state index contributed by atoms with van der Waals surface area (Å²) >= 11 is 0. The summed E-state index contributed by atoms with van der Waals surface area (Å²) in [6.07, 6.45) is 0. The first-order valence-electron chi connectivity index (χ1n) is 7.14. The molecule has 0 saturated carbocycles. The van der Waals surface area contributed by atoms with Gasteiger partial charge in [0.1, 0.15) is 0 Å². The molecule has 20 heavy (non-hydrogen) atoms. The molecule has 0 saturated heterocycles. The zero-order chi connectivity index (χ0) is 14.3. The van der Waals surface area contributed by atoms with Crippen LogP contribution in [0.15, 0.2) is 48.5 Å². The Hall–Kier alpha value is -2.08. The number of rotatable bonds is 1. The summed E-state index contributed by atoms with van der Waals surface area (Å²) in [6.45, 7) is 8.74. The van der Waals surface area contributed by atoms with E-state index in [2.05, 4.69) is 76.2 Å². The second kappa shape index (κ2) is 4.79. The lowest BCUT2D eigenvalue weighted by Crippen LogP contribution is -1.91. The van der Waals surface area contributed by atoms with Crippen molar-refractivity contribution < 1.29 is 0 Å². The van der Waals surface area contributed by atoms with Crippen molar-refractivity contribution in [2.75, 3.05) is 0 Å². The maximum Gasteiger partial charge on any atom is -0.0119 e. The van der Waals surface area contributed by atoms with Crippen LogP contribution in [0.2, 0.25) is 0 Å². The summed E-state index contributed by atoms with van der Waals surface area (Å²) in [7, 11) is 0. The van der Waals surface area contributed by atoms with E-state index in [-0.39, 0.29) is 0 Å². The van der Waals surface area contributed by atoms with Gasteiger partial charge in [-0.05, 0) is 60.7 Å². The molecule has 0 amide bonds. The number of benzene rings is 3. The highest BCUT2D eigenvalue weighted by Gasteiger charge is 2.09. The average molecular weight is 260 g/mol. The van der Waals surface area contributed by atoms with E-state index in [1.807, 2.05) is 0 Å². The molecule has 3 rings (SSSR count). The highest BCUT2D eigenvalue weighted by atomic mass is 14.1. The molecule has 0 nitrogen and oxygen atoms in total.